The lowest BCUT2D eigenvalue weighted by atomic mass is 9.94. The molecule has 0 aliphatic heterocycles. The van der Waals surface area contributed by atoms with Crippen molar-refractivity contribution in [3.63, 3.8) is 0 Å². The van der Waals surface area contributed by atoms with Crippen LogP contribution in [-0.4, -0.2) is 35.5 Å². The van der Waals surface area contributed by atoms with Gasteiger partial charge < -0.3 is 15.5 Å². The van der Waals surface area contributed by atoms with Crippen molar-refractivity contribution in [2.45, 2.75) is 37.8 Å². The monoisotopic (exact) mass is 249 g/mol. The summed E-state index contributed by atoms with van der Waals surface area (Å²) in [4.78, 5) is 0. The molecule has 1 aliphatic carbocycles. The lowest BCUT2D eigenvalue weighted by molar-refractivity contribution is 0.0904. The SMILES string of the molecule is OC[C@H](O)CN[C@@H]1CCC[C@@H]1Cc1ccccc1. The fourth-order valence-corrected chi connectivity index (χ4v) is 2.82. The molecule has 0 bridgehead atoms. The third-order valence-electron chi connectivity index (χ3n) is 3.83. The number of hydrogen-bond acceptors (Lipinski definition) is 3. The highest BCUT2D eigenvalue weighted by Gasteiger charge is 2.27. The maximum absolute atomic E-state index is 9.38. The second kappa shape index (κ2) is 6.88. The lowest BCUT2D eigenvalue weighted by Gasteiger charge is -2.22. The molecule has 2 rings (SSSR count). The first kappa shape index (κ1) is 13.5. The van der Waals surface area contributed by atoms with Crippen molar-refractivity contribution in [2.24, 2.45) is 5.92 Å². The molecule has 1 aromatic rings. The summed E-state index contributed by atoms with van der Waals surface area (Å²) in [7, 11) is 0. The van der Waals surface area contributed by atoms with Crippen LogP contribution in [0.3, 0.4) is 0 Å². The molecule has 1 saturated carbocycles. The van der Waals surface area contributed by atoms with Crippen molar-refractivity contribution < 1.29 is 10.2 Å². The Kier molecular flexibility index (Phi) is 5.17. The summed E-state index contributed by atoms with van der Waals surface area (Å²) >= 11 is 0. The van der Waals surface area contributed by atoms with Crippen LogP contribution in [0.1, 0.15) is 24.8 Å². The standard InChI is InChI=1S/C15H23NO2/c17-11-14(18)10-16-15-8-4-7-13(15)9-12-5-2-1-3-6-12/h1-3,5-6,13-18H,4,7-11H2/t13-,14-,15-/m1/s1. The van der Waals surface area contributed by atoms with E-state index in [2.05, 4.69) is 29.6 Å². The molecule has 0 amide bonds. The molecule has 100 valence electrons. The highest BCUT2D eigenvalue weighted by atomic mass is 16.3. The first-order chi connectivity index (χ1) is 8.79. The van der Waals surface area contributed by atoms with Gasteiger partial charge in [-0.2, -0.15) is 0 Å². The van der Waals surface area contributed by atoms with Gasteiger partial charge in [0.05, 0.1) is 12.7 Å². The van der Waals surface area contributed by atoms with Crippen LogP contribution >= 0.6 is 0 Å². The highest BCUT2D eigenvalue weighted by molar-refractivity contribution is 5.16. The summed E-state index contributed by atoms with van der Waals surface area (Å²) < 4.78 is 0. The maximum Gasteiger partial charge on any atom is 0.0895 e. The number of aliphatic hydroxyl groups is 2. The Morgan fingerprint density at radius 2 is 2.00 bits per heavy atom. The van der Waals surface area contributed by atoms with Crippen LogP contribution in [-0.2, 0) is 6.42 Å². The highest BCUT2D eigenvalue weighted by Crippen LogP contribution is 2.28. The van der Waals surface area contributed by atoms with E-state index in [1.807, 2.05) is 6.07 Å². The zero-order chi connectivity index (χ0) is 12.8. The first-order valence-electron chi connectivity index (χ1n) is 6.86. The molecule has 0 aromatic heterocycles. The molecular formula is C15H23NO2. The largest absolute Gasteiger partial charge is 0.394 e. The normalized spacial score (nSPS) is 25.2. The second-order valence-electron chi connectivity index (χ2n) is 5.23. The molecule has 0 spiro atoms. The number of nitrogens with one attached hydrogen (secondary N) is 1. The summed E-state index contributed by atoms with van der Waals surface area (Å²) in [6.07, 6.45) is 4.15. The van der Waals surface area contributed by atoms with Crippen LogP contribution in [0.2, 0.25) is 0 Å². The summed E-state index contributed by atoms with van der Waals surface area (Å²) in [6, 6.07) is 11.1. The van der Waals surface area contributed by atoms with Gasteiger partial charge in [0.15, 0.2) is 0 Å². The van der Waals surface area contributed by atoms with Crippen LogP contribution in [0.25, 0.3) is 0 Å². The van der Waals surface area contributed by atoms with Crippen LogP contribution in [0, 0.1) is 5.92 Å². The molecule has 3 N–H and O–H groups in total. The van der Waals surface area contributed by atoms with E-state index < -0.39 is 6.10 Å². The van der Waals surface area contributed by atoms with Gasteiger partial charge >= 0.3 is 0 Å². The molecule has 3 heteroatoms. The molecule has 1 aliphatic rings. The fraction of sp³-hybridized carbons (Fsp3) is 0.600. The Bertz CT molecular complexity index is 342. The molecule has 0 radical (unpaired) electrons. The minimum Gasteiger partial charge on any atom is -0.394 e. The summed E-state index contributed by atoms with van der Waals surface area (Å²) in [5.41, 5.74) is 1.39. The van der Waals surface area contributed by atoms with Crippen LogP contribution in [0.4, 0.5) is 0 Å². The molecule has 0 heterocycles. The van der Waals surface area contributed by atoms with Crippen molar-refractivity contribution in [1.82, 2.24) is 5.32 Å². The molecule has 18 heavy (non-hydrogen) atoms. The molecule has 1 aromatic carbocycles. The third kappa shape index (κ3) is 3.80. The van der Waals surface area contributed by atoms with E-state index in [9.17, 15) is 5.11 Å². The van der Waals surface area contributed by atoms with E-state index in [0.717, 1.165) is 6.42 Å². The Morgan fingerprint density at radius 1 is 1.22 bits per heavy atom. The third-order valence-corrected chi connectivity index (χ3v) is 3.83. The molecule has 0 saturated heterocycles. The Hall–Kier alpha value is -0.900. The summed E-state index contributed by atoms with van der Waals surface area (Å²) in [5.74, 6) is 0.651. The van der Waals surface area contributed by atoms with E-state index in [1.165, 1.54) is 24.8 Å². The van der Waals surface area contributed by atoms with Gasteiger partial charge in [-0.1, -0.05) is 36.8 Å². The quantitative estimate of drug-likeness (QED) is 0.713. The van der Waals surface area contributed by atoms with Crippen molar-refractivity contribution in [3.8, 4) is 0 Å². The van der Waals surface area contributed by atoms with Crippen molar-refractivity contribution in [1.29, 1.82) is 0 Å². The van der Waals surface area contributed by atoms with Gasteiger partial charge in [-0.3, -0.25) is 0 Å². The first-order valence-corrected chi connectivity index (χ1v) is 6.86. The van der Waals surface area contributed by atoms with Crippen molar-refractivity contribution in [2.75, 3.05) is 13.2 Å². The Labute approximate surface area is 109 Å². The second-order valence-corrected chi connectivity index (χ2v) is 5.23. The van der Waals surface area contributed by atoms with E-state index in [-0.39, 0.29) is 6.61 Å². The van der Waals surface area contributed by atoms with Crippen LogP contribution < -0.4 is 5.32 Å². The van der Waals surface area contributed by atoms with E-state index in [0.29, 0.717) is 18.5 Å². The zero-order valence-corrected chi connectivity index (χ0v) is 10.8. The summed E-state index contributed by atoms with van der Waals surface area (Å²) in [6.45, 7) is 0.329. The van der Waals surface area contributed by atoms with Gasteiger partial charge in [0.25, 0.3) is 0 Å². The minimum absolute atomic E-state index is 0.164. The minimum atomic E-state index is -0.636. The van der Waals surface area contributed by atoms with Gasteiger partial charge in [-0.05, 0) is 30.7 Å². The van der Waals surface area contributed by atoms with Crippen molar-refractivity contribution >= 4 is 0 Å². The number of hydrogen-bond donors (Lipinski definition) is 3. The molecule has 0 unspecified atom stereocenters. The van der Waals surface area contributed by atoms with Gasteiger partial charge in [0, 0.05) is 12.6 Å². The smallest absolute Gasteiger partial charge is 0.0895 e. The number of aliphatic hydroxyl groups excluding tert-OH is 2. The predicted molar refractivity (Wildman–Crippen MR) is 72.4 cm³/mol. The van der Waals surface area contributed by atoms with Gasteiger partial charge in [0.1, 0.15) is 0 Å². The van der Waals surface area contributed by atoms with Crippen molar-refractivity contribution in [3.05, 3.63) is 35.9 Å². The molecule has 3 nitrogen and oxygen atoms in total. The number of rotatable bonds is 6. The van der Waals surface area contributed by atoms with E-state index >= 15 is 0 Å². The van der Waals surface area contributed by atoms with Gasteiger partial charge in [0.2, 0.25) is 0 Å². The average Bonchev–Trinajstić information content (AvgIpc) is 2.84. The Balaban J connectivity index is 1.84. The van der Waals surface area contributed by atoms with Gasteiger partial charge in [-0.15, -0.1) is 0 Å². The molecular weight excluding hydrogens is 226 g/mol. The molecule has 1 fully saturated rings. The Morgan fingerprint density at radius 3 is 2.72 bits per heavy atom. The lowest BCUT2D eigenvalue weighted by Crippen LogP contribution is -2.39. The van der Waals surface area contributed by atoms with Crippen LogP contribution in [0.15, 0.2) is 30.3 Å². The zero-order valence-electron chi connectivity index (χ0n) is 10.8. The topological polar surface area (TPSA) is 52.5 Å². The average molecular weight is 249 g/mol. The summed E-state index contributed by atoms with van der Waals surface area (Å²) in [5, 5.41) is 21.6. The van der Waals surface area contributed by atoms with Gasteiger partial charge in [-0.25, -0.2) is 0 Å². The van der Waals surface area contributed by atoms with E-state index in [4.69, 9.17) is 5.11 Å². The number of benzene rings is 1. The molecule has 3 atom stereocenters. The van der Waals surface area contributed by atoms with Crippen LogP contribution in [0.5, 0.6) is 0 Å². The predicted octanol–water partition coefficient (Wildman–Crippen LogP) is 1.34. The maximum atomic E-state index is 9.38. The fourth-order valence-electron chi connectivity index (χ4n) is 2.82. The van der Waals surface area contributed by atoms with E-state index in [1.54, 1.807) is 0 Å².